The molecule has 7 heteroatoms. The zero-order chi connectivity index (χ0) is 11.5. The van der Waals surface area contributed by atoms with Crippen LogP contribution in [0.3, 0.4) is 0 Å². The summed E-state index contributed by atoms with van der Waals surface area (Å²) in [5, 5.41) is 15.6. The fourth-order valence-corrected chi connectivity index (χ4v) is 2.00. The lowest BCUT2D eigenvalue weighted by Gasteiger charge is -2.30. The molecule has 1 aliphatic rings. The fraction of sp³-hybridized carbons (Fsp3) is 0.750. The van der Waals surface area contributed by atoms with Crippen molar-refractivity contribution >= 4 is 16.8 Å². The minimum atomic E-state index is -4.50. The summed E-state index contributed by atoms with van der Waals surface area (Å²) in [6.45, 7) is 0.461. The number of ether oxygens (including phenoxy) is 1. The van der Waals surface area contributed by atoms with Crippen LogP contribution in [-0.2, 0) is 4.74 Å². The number of halogens is 3. The van der Waals surface area contributed by atoms with Crippen molar-refractivity contribution in [2.45, 2.75) is 18.3 Å². The van der Waals surface area contributed by atoms with Gasteiger partial charge in [0.1, 0.15) is 5.41 Å². The van der Waals surface area contributed by atoms with E-state index in [1.807, 2.05) is 6.07 Å². The molecule has 0 saturated carbocycles. The lowest BCUT2D eigenvalue weighted by molar-refractivity contribution is -0.0318. The molecule has 0 radical (unpaired) electrons. The van der Waals surface area contributed by atoms with Crippen LogP contribution in [0.15, 0.2) is 0 Å². The topological polar surface area (TPSA) is 56.9 Å². The molecule has 0 bridgehead atoms. The van der Waals surface area contributed by atoms with Gasteiger partial charge in [-0.1, -0.05) is 0 Å². The summed E-state index contributed by atoms with van der Waals surface area (Å²) in [5.41, 5.74) is -5.81. The van der Waals surface area contributed by atoms with Crippen molar-refractivity contribution in [2.24, 2.45) is 5.41 Å². The number of hydrogen-bond acceptors (Lipinski definition) is 4. The molecule has 0 amide bonds. The summed E-state index contributed by atoms with van der Waals surface area (Å²) >= 11 is -0.508. The summed E-state index contributed by atoms with van der Waals surface area (Å²) < 4.78 is 41.1. The molecule has 84 valence electrons. The maximum absolute atomic E-state index is 12.0. The lowest BCUT2D eigenvalue weighted by Crippen LogP contribution is -2.35. The number of nitrogens with zero attached hydrogens (tertiary/aromatic N) is 1. The molecule has 1 fully saturated rings. The van der Waals surface area contributed by atoms with Crippen LogP contribution in [0.2, 0.25) is 0 Å². The first-order valence-corrected chi connectivity index (χ1v) is 5.05. The second-order valence-electron chi connectivity index (χ2n) is 3.18. The van der Waals surface area contributed by atoms with Crippen molar-refractivity contribution in [2.75, 3.05) is 13.2 Å². The van der Waals surface area contributed by atoms with E-state index >= 15 is 0 Å². The molecule has 0 aliphatic carbocycles. The molecular formula is C8H9F3N2OS. The Morgan fingerprint density at radius 1 is 1.40 bits per heavy atom. The fourth-order valence-electron chi connectivity index (χ4n) is 1.32. The predicted octanol–water partition coefficient (Wildman–Crippen LogP) is 2.54. The summed E-state index contributed by atoms with van der Waals surface area (Å²) in [7, 11) is 0. The Morgan fingerprint density at radius 3 is 2.33 bits per heavy atom. The Balaban J connectivity index is 2.74. The molecule has 1 saturated heterocycles. The summed E-state index contributed by atoms with van der Waals surface area (Å²) in [6.07, 6.45) is 0.316. The summed E-state index contributed by atoms with van der Waals surface area (Å²) in [6, 6.07) is 1.81. The highest BCUT2D eigenvalue weighted by Crippen LogP contribution is 2.41. The van der Waals surface area contributed by atoms with Gasteiger partial charge in [0.15, 0.2) is 0 Å². The normalized spacial score (nSPS) is 20.7. The first-order valence-electron chi connectivity index (χ1n) is 4.23. The smallest absolute Gasteiger partial charge is 0.381 e. The van der Waals surface area contributed by atoms with E-state index in [1.54, 1.807) is 0 Å². The molecule has 3 nitrogen and oxygen atoms in total. The van der Waals surface area contributed by atoms with Gasteiger partial charge in [0.25, 0.3) is 0 Å². The number of hydrogen-bond donors (Lipinski definition) is 1. The summed E-state index contributed by atoms with van der Waals surface area (Å²) in [5.74, 6) is 0. The molecule has 1 N–H and O–H groups in total. The summed E-state index contributed by atoms with van der Waals surface area (Å²) in [4.78, 5) is 0. The van der Waals surface area contributed by atoms with E-state index in [0.29, 0.717) is 0 Å². The van der Waals surface area contributed by atoms with Gasteiger partial charge in [-0.25, -0.2) is 0 Å². The van der Waals surface area contributed by atoms with E-state index in [1.165, 1.54) is 0 Å². The lowest BCUT2D eigenvalue weighted by atomic mass is 9.83. The highest BCUT2D eigenvalue weighted by Gasteiger charge is 2.43. The van der Waals surface area contributed by atoms with E-state index in [-0.39, 0.29) is 26.1 Å². The third-order valence-corrected chi connectivity index (χ3v) is 3.04. The van der Waals surface area contributed by atoms with Crippen LogP contribution >= 0.6 is 11.8 Å². The van der Waals surface area contributed by atoms with Crippen LogP contribution in [-0.4, -0.2) is 23.8 Å². The van der Waals surface area contributed by atoms with Crippen LogP contribution in [0.5, 0.6) is 0 Å². The Morgan fingerprint density at radius 2 is 1.93 bits per heavy atom. The van der Waals surface area contributed by atoms with Gasteiger partial charge in [0.05, 0.1) is 11.1 Å². The zero-order valence-corrected chi connectivity index (χ0v) is 8.54. The van der Waals surface area contributed by atoms with Crippen molar-refractivity contribution < 1.29 is 17.9 Å². The number of thioether (sulfide) groups is 1. The van der Waals surface area contributed by atoms with Gasteiger partial charge in [-0.3, -0.25) is 5.41 Å². The maximum Gasteiger partial charge on any atom is 0.447 e. The second-order valence-corrected chi connectivity index (χ2v) is 4.26. The van der Waals surface area contributed by atoms with Gasteiger partial charge in [0.2, 0.25) is 0 Å². The number of rotatable bonds is 1. The molecule has 1 heterocycles. The molecule has 0 atom stereocenters. The van der Waals surface area contributed by atoms with Crippen molar-refractivity contribution in [1.82, 2.24) is 0 Å². The Labute approximate surface area is 89.1 Å². The van der Waals surface area contributed by atoms with Crippen LogP contribution < -0.4 is 0 Å². The van der Waals surface area contributed by atoms with Crippen LogP contribution in [0.1, 0.15) is 12.8 Å². The quantitative estimate of drug-likeness (QED) is 0.564. The number of nitriles is 1. The monoisotopic (exact) mass is 238 g/mol. The molecule has 0 aromatic carbocycles. The first kappa shape index (κ1) is 12.3. The van der Waals surface area contributed by atoms with Gasteiger partial charge in [0, 0.05) is 25.0 Å². The van der Waals surface area contributed by atoms with E-state index in [9.17, 15) is 13.2 Å². The molecule has 15 heavy (non-hydrogen) atoms. The Hall–Kier alpha value is -0.740. The highest BCUT2D eigenvalue weighted by molar-refractivity contribution is 8.14. The molecule has 0 aromatic rings. The van der Waals surface area contributed by atoms with Crippen molar-refractivity contribution in [3.63, 3.8) is 0 Å². The largest absolute Gasteiger partial charge is 0.447 e. The van der Waals surface area contributed by atoms with Gasteiger partial charge < -0.3 is 4.74 Å². The third kappa shape index (κ3) is 3.11. The van der Waals surface area contributed by atoms with E-state index in [0.717, 1.165) is 0 Å². The van der Waals surface area contributed by atoms with Crippen molar-refractivity contribution in [3.05, 3.63) is 0 Å². The second kappa shape index (κ2) is 4.41. The molecule has 0 unspecified atom stereocenters. The van der Waals surface area contributed by atoms with Gasteiger partial charge in [-0.15, -0.1) is 0 Å². The molecule has 0 aromatic heterocycles. The van der Waals surface area contributed by atoms with Crippen LogP contribution in [0.4, 0.5) is 13.2 Å². The number of alkyl halides is 3. The number of nitrogens with one attached hydrogen (secondary N) is 1. The van der Waals surface area contributed by atoms with Crippen molar-refractivity contribution in [1.29, 1.82) is 10.7 Å². The van der Waals surface area contributed by atoms with Crippen LogP contribution in [0, 0.1) is 22.2 Å². The molecular weight excluding hydrogens is 229 g/mol. The Bertz CT molecular complexity index is 291. The SMILES string of the molecule is N#CC1(C(=N)SC(F)(F)F)CCOCC1. The van der Waals surface area contributed by atoms with E-state index in [4.69, 9.17) is 15.4 Å². The third-order valence-electron chi connectivity index (χ3n) is 2.21. The molecule has 1 aliphatic heterocycles. The van der Waals surface area contributed by atoms with Gasteiger partial charge in [-0.05, 0) is 12.8 Å². The average Bonchev–Trinajstić information content (AvgIpc) is 2.16. The van der Waals surface area contributed by atoms with E-state index in [2.05, 4.69) is 0 Å². The minimum Gasteiger partial charge on any atom is -0.381 e. The highest BCUT2D eigenvalue weighted by atomic mass is 32.2. The first-order chi connectivity index (χ1) is 6.90. The zero-order valence-electron chi connectivity index (χ0n) is 7.73. The van der Waals surface area contributed by atoms with Crippen molar-refractivity contribution in [3.8, 4) is 6.07 Å². The molecule has 1 rings (SSSR count). The maximum atomic E-state index is 12.0. The molecule has 0 spiro atoms. The standard InChI is InChI=1S/C8H9F3N2OS/c9-8(10,11)15-6(13)7(5-12)1-3-14-4-2-7/h13H,1-4H2. The predicted molar refractivity (Wildman–Crippen MR) is 49.5 cm³/mol. The van der Waals surface area contributed by atoms with E-state index < -0.39 is 27.7 Å². The van der Waals surface area contributed by atoms with Crippen LogP contribution in [0.25, 0.3) is 0 Å². The van der Waals surface area contributed by atoms with Gasteiger partial charge >= 0.3 is 5.51 Å². The Kier molecular flexibility index (Phi) is 3.62. The van der Waals surface area contributed by atoms with Gasteiger partial charge in [-0.2, -0.15) is 18.4 Å². The minimum absolute atomic E-state index is 0.158. The average molecular weight is 238 g/mol.